The molecule has 1 aromatic carbocycles. The van der Waals surface area contributed by atoms with E-state index in [-0.39, 0.29) is 10.6 Å². The van der Waals surface area contributed by atoms with Crippen molar-refractivity contribution >= 4 is 21.6 Å². The number of carbonyl (C=O) groups excluding carboxylic acids is 1. The molecule has 0 radical (unpaired) electrons. The second-order valence-corrected chi connectivity index (χ2v) is 6.08. The molecule has 2 rings (SSSR count). The Kier molecular flexibility index (Phi) is 4.01. The van der Waals surface area contributed by atoms with Crippen LogP contribution in [0.3, 0.4) is 0 Å². The summed E-state index contributed by atoms with van der Waals surface area (Å²) in [6.45, 7) is 3.50. The number of sulfonamides is 1. The first-order valence-electron chi connectivity index (χ1n) is 6.01. The summed E-state index contributed by atoms with van der Waals surface area (Å²) in [6.07, 6.45) is 2.83. The number of benzene rings is 1. The Morgan fingerprint density at radius 1 is 1.19 bits per heavy atom. The molecule has 0 aliphatic carbocycles. The van der Waals surface area contributed by atoms with Gasteiger partial charge in [-0.3, -0.25) is 9.78 Å². The molecule has 0 saturated carbocycles. The van der Waals surface area contributed by atoms with Gasteiger partial charge >= 0.3 is 0 Å². The van der Waals surface area contributed by atoms with Crippen molar-refractivity contribution in [3.63, 3.8) is 0 Å². The Labute approximate surface area is 122 Å². The lowest BCUT2D eigenvalue weighted by Crippen LogP contribution is -2.16. The van der Waals surface area contributed by atoms with E-state index in [0.29, 0.717) is 16.9 Å². The molecular formula is C13H14N4O3S. The van der Waals surface area contributed by atoms with Crippen LogP contribution in [-0.4, -0.2) is 24.3 Å². The number of aryl methyl sites for hydroxylation is 2. The summed E-state index contributed by atoms with van der Waals surface area (Å²) >= 11 is 0. The fraction of sp³-hybridized carbons (Fsp3) is 0.154. The van der Waals surface area contributed by atoms with E-state index in [4.69, 9.17) is 5.14 Å². The molecule has 0 fully saturated rings. The van der Waals surface area contributed by atoms with Gasteiger partial charge in [-0.2, -0.15) is 0 Å². The van der Waals surface area contributed by atoms with Crippen molar-refractivity contribution in [2.45, 2.75) is 18.7 Å². The Balaban J connectivity index is 2.31. The molecule has 3 N–H and O–H groups in total. The number of amides is 1. The first-order valence-corrected chi connectivity index (χ1v) is 7.55. The molecule has 1 heterocycles. The number of anilines is 1. The van der Waals surface area contributed by atoms with E-state index in [1.807, 2.05) is 0 Å². The zero-order valence-corrected chi connectivity index (χ0v) is 12.3. The van der Waals surface area contributed by atoms with E-state index < -0.39 is 15.9 Å². The van der Waals surface area contributed by atoms with Crippen molar-refractivity contribution in [1.82, 2.24) is 9.97 Å². The molecule has 1 aromatic heterocycles. The standard InChI is InChI=1S/C13H14N4O3S/c1-8-3-4-10(21(14,19)20)5-11(8)17-13(18)12-7-15-9(2)6-16-12/h3-7H,1-2H3,(H,17,18)(H2,14,19,20). The summed E-state index contributed by atoms with van der Waals surface area (Å²) in [7, 11) is -3.83. The monoisotopic (exact) mass is 306 g/mol. The third-order valence-corrected chi connectivity index (χ3v) is 3.71. The molecular weight excluding hydrogens is 292 g/mol. The summed E-state index contributed by atoms with van der Waals surface area (Å²) < 4.78 is 22.7. The highest BCUT2D eigenvalue weighted by Crippen LogP contribution is 2.19. The number of carbonyl (C=O) groups is 1. The van der Waals surface area contributed by atoms with E-state index in [2.05, 4.69) is 15.3 Å². The number of primary sulfonamides is 1. The average molecular weight is 306 g/mol. The molecule has 0 atom stereocenters. The third kappa shape index (κ3) is 3.61. The van der Waals surface area contributed by atoms with Gasteiger partial charge in [0.05, 0.1) is 16.8 Å². The van der Waals surface area contributed by atoms with Crippen molar-refractivity contribution in [2.75, 3.05) is 5.32 Å². The topological polar surface area (TPSA) is 115 Å². The maximum atomic E-state index is 12.0. The number of hydrogen-bond donors (Lipinski definition) is 2. The Morgan fingerprint density at radius 3 is 2.48 bits per heavy atom. The first-order chi connectivity index (χ1) is 9.77. The highest BCUT2D eigenvalue weighted by atomic mass is 32.2. The van der Waals surface area contributed by atoms with E-state index in [1.165, 1.54) is 24.5 Å². The number of aromatic nitrogens is 2. The lowest BCUT2D eigenvalue weighted by atomic mass is 10.2. The molecule has 21 heavy (non-hydrogen) atoms. The molecule has 0 bridgehead atoms. The highest BCUT2D eigenvalue weighted by Gasteiger charge is 2.13. The summed E-state index contributed by atoms with van der Waals surface area (Å²) in [5.74, 6) is -0.475. The summed E-state index contributed by atoms with van der Waals surface area (Å²) in [6, 6.07) is 4.26. The molecule has 0 spiro atoms. The Bertz CT molecular complexity index is 786. The van der Waals surface area contributed by atoms with Crippen molar-refractivity contribution < 1.29 is 13.2 Å². The van der Waals surface area contributed by atoms with Gasteiger partial charge in [-0.05, 0) is 31.5 Å². The number of rotatable bonds is 3. The second-order valence-electron chi connectivity index (χ2n) is 4.52. The van der Waals surface area contributed by atoms with Gasteiger partial charge in [0.2, 0.25) is 10.0 Å². The van der Waals surface area contributed by atoms with Gasteiger partial charge in [-0.25, -0.2) is 18.5 Å². The lowest BCUT2D eigenvalue weighted by Gasteiger charge is -2.09. The number of nitrogens with two attached hydrogens (primary N) is 1. The lowest BCUT2D eigenvalue weighted by molar-refractivity contribution is 0.102. The van der Waals surface area contributed by atoms with Crippen LogP contribution in [0.1, 0.15) is 21.7 Å². The van der Waals surface area contributed by atoms with Crippen LogP contribution in [0.2, 0.25) is 0 Å². The molecule has 110 valence electrons. The van der Waals surface area contributed by atoms with Gasteiger partial charge in [-0.1, -0.05) is 6.07 Å². The molecule has 2 aromatic rings. The second kappa shape index (κ2) is 5.58. The molecule has 8 heteroatoms. The van der Waals surface area contributed by atoms with E-state index in [0.717, 1.165) is 0 Å². The highest BCUT2D eigenvalue weighted by molar-refractivity contribution is 7.89. The maximum absolute atomic E-state index is 12.0. The summed E-state index contributed by atoms with van der Waals surface area (Å²) in [5, 5.41) is 7.67. The molecule has 0 unspecified atom stereocenters. The Hall–Kier alpha value is -2.32. The van der Waals surface area contributed by atoms with Crippen molar-refractivity contribution in [3.05, 3.63) is 47.5 Å². The van der Waals surface area contributed by atoms with Gasteiger partial charge in [0.15, 0.2) is 0 Å². The normalized spacial score (nSPS) is 11.2. The number of nitrogens with zero attached hydrogens (tertiary/aromatic N) is 2. The minimum atomic E-state index is -3.83. The predicted octanol–water partition coefficient (Wildman–Crippen LogP) is 0.993. The van der Waals surface area contributed by atoms with Crippen molar-refractivity contribution in [3.8, 4) is 0 Å². The van der Waals surface area contributed by atoms with Crippen LogP contribution in [0.15, 0.2) is 35.5 Å². The molecule has 7 nitrogen and oxygen atoms in total. The first kappa shape index (κ1) is 15.1. The van der Waals surface area contributed by atoms with E-state index >= 15 is 0 Å². The zero-order valence-electron chi connectivity index (χ0n) is 11.5. The molecule has 0 aliphatic heterocycles. The molecule has 0 saturated heterocycles. The Morgan fingerprint density at radius 2 is 1.90 bits per heavy atom. The summed E-state index contributed by atoms with van der Waals surface area (Å²) in [5.41, 5.74) is 1.89. The van der Waals surface area contributed by atoms with Gasteiger partial charge in [0.25, 0.3) is 5.91 Å². The van der Waals surface area contributed by atoms with Crippen molar-refractivity contribution in [1.29, 1.82) is 0 Å². The van der Waals surface area contributed by atoms with Gasteiger partial charge < -0.3 is 5.32 Å². The molecule has 1 amide bonds. The minimum Gasteiger partial charge on any atom is -0.320 e. The SMILES string of the molecule is Cc1cnc(C(=O)Nc2cc(S(N)(=O)=O)ccc2C)cn1. The fourth-order valence-corrected chi connectivity index (χ4v) is 2.15. The van der Waals surface area contributed by atoms with E-state index in [1.54, 1.807) is 19.9 Å². The number of hydrogen-bond acceptors (Lipinski definition) is 5. The summed E-state index contributed by atoms with van der Waals surface area (Å²) in [4.78, 5) is 19.9. The van der Waals surface area contributed by atoms with Crippen LogP contribution >= 0.6 is 0 Å². The average Bonchev–Trinajstić information content (AvgIpc) is 2.40. The number of nitrogens with one attached hydrogen (secondary N) is 1. The largest absolute Gasteiger partial charge is 0.320 e. The van der Waals surface area contributed by atoms with Crippen LogP contribution in [0.4, 0.5) is 5.69 Å². The molecule has 0 aliphatic rings. The van der Waals surface area contributed by atoms with E-state index in [9.17, 15) is 13.2 Å². The maximum Gasteiger partial charge on any atom is 0.275 e. The minimum absolute atomic E-state index is 0.0709. The van der Waals surface area contributed by atoms with Crippen molar-refractivity contribution in [2.24, 2.45) is 5.14 Å². The predicted molar refractivity (Wildman–Crippen MR) is 77.3 cm³/mol. The van der Waals surface area contributed by atoms with Crippen LogP contribution in [0.25, 0.3) is 0 Å². The quantitative estimate of drug-likeness (QED) is 0.877. The van der Waals surface area contributed by atoms with Crippen LogP contribution in [0.5, 0.6) is 0 Å². The smallest absolute Gasteiger partial charge is 0.275 e. The van der Waals surface area contributed by atoms with Crippen LogP contribution < -0.4 is 10.5 Å². The third-order valence-electron chi connectivity index (χ3n) is 2.80. The van der Waals surface area contributed by atoms with Crippen LogP contribution in [0, 0.1) is 13.8 Å². The van der Waals surface area contributed by atoms with Crippen LogP contribution in [-0.2, 0) is 10.0 Å². The fourth-order valence-electron chi connectivity index (χ4n) is 1.61. The van der Waals surface area contributed by atoms with Gasteiger partial charge in [-0.15, -0.1) is 0 Å². The zero-order chi connectivity index (χ0) is 15.6. The van der Waals surface area contributed by atoms with Gasteiger partial charge in [0, 0.05) is 11.9 Å². The van der Waals surface area contributed by atoms with Gasteiger partial charge in [0.1, 0.15) is 5.69 Å².